The molecule has 86 valence electrons. The molecule has 1 aromatic carbocycles. The number of nitrogens with two attached hydrogens (primary N) is 1. The molecular weight excluding hydrogens is 206 g/mol. The number of hydrogen-bond acceptors (Lipinski definition) is 3. The average molecular weight is 221 g/mol. The van der Waals surface area contributed by atoms with Gasteiger partial charge in [0.25, 0.3) is 0 Å². The van der Waals surface area contributed by atoms with Gasteiger partial charge in [-0.15, -0.1) is 0 Å². The van der Waals surface area contributed by atoms with Crippen LogP contribution in [0.15, 0.2) is 24.3 Å². The maximum atomic E-state index is 11.2. The molecule has 0 atom stereocenters. The number of Topliss-reactive ketones (excluding diaryl/α,β-unsaturated/α-hetero) is 1. The standard InChI is InChI=1S/C12H15NO3/c13-8-11(14)7-10-4-2-1-3-9(10)5-6-12(15)16/h1-4H,5-8,13H2,(H,15,16). The van der Waals surface area contributed by atoms with Gasteiger partial charge >= 0.3 is 5.97 Å². The van der Waals surface area contributed by atoms with Gasteiger partial charge in [-0.1, -0.05) is 24.3 Å². The lowest BCUT2D eigenvalue weighted by Gasteiger charge is -2.07. The van der Waals surface area contributed by atoms with Crippen molar-refractivity contribution in [1.82, 2.24) is 0 Å². The summed E-state index contributed by atoms with van der Waals surface area (Å²) in [6.07, 6.45) is 0.809. The molecule has 0 unspecified atom stereocenters. The SMILES string of the molecule is NCC(=O)Cc1ccccc1CCC(=O)O. The first-order chi connectivity index (χ1) is 7.63. The third-order valence-electron chi connectivity index (χ3n) is 2.34. The van der Waals surface area contributed by atoms with Gasteiger partial charge in [0, 0.05) is 12.8 Å². The van der Waals surface area contributed by atoms with Crippen molar-refractivity contribution in [1.29, 1.82) is 0 Å². The zero-order valence-corrected chi connectivity index (χ0v) is 8.98. The normalized spacial score (nSPS) is 10.1. The van der Waals surface area contributed by atoms with Crippen LogP contribution in [0.4, 0.5) is 0 Å². The largest absolute Gasteiger partial charge is 0.481 e. The van der Waals surface area contributed by atoms with E-state index in [4.69, 9.17) is 10.8 Å². The summed E-state index contributed by atoms with van der Waals surface area (Å²) in [5, 5.41) is 8.61. The fourth-order valence-electron chi connectivity index (χ4n) is 1.50. The molecule has 0 saturated carbocycles. The number of ketones is 1. The van der Waals surface area contributed by atoms with Crippen molar-refractivity contribution in [3.8, 4) is 0 Å². The molecule has 0 aliphatic heterocycles. The molecule has 0 saturated heterocycles. The van der Waals surface area contributed by atoms with Crippen molar-refractivity contribution in [2.45, 2.75) is 19.3 Å². The lowest BCUT2D eigenvalue weighted by molar-refractivity contribution is -0.136. The highest BCUT2D eigenvalue weighted by Gasteiger charge is 2.07. The second kappa shape index (κ2) is 6.02. The molecule has 0 aliphatic carbocycles. The van der Waals surface area contributed by atoms with Gasteiger partial charge in [0.05, 0.1) is 6.54 Å². The van der Waals surface area contributed by atoms with Crippen LogP contribution in [0.2, 0.25) is 0 Å². The smallest absolute Gasteiger partial charge is 0.303 e. The maximum absolute atomic E-state index is 11.2. The molecule has 0 radical (unpaired) electrons. The van der Waals surface area contributed by atoms with Crippen molar-refractivity contribution >= 4 is 11.8 Å². The van der Waals surface area contributed by atoms with Gasteiger partial charge in [0.15, 0.2) is 5.78 Å². The number of aliphatic carboxylic acids is 1. The van der Waals surface area contributed by atoms with Crippen LogP contribution in [0, 0.1) is 0 Å². The molecule has 0 aromatic heterocycles. The molecule has 1 rings (SSSR count). The Bertz CT molecular complexity index is 388. The van der Waals surface area contributed by atoms with E-state index in [1.807, 2.05) is 24.3 Å². The Balaban J connectivity index is 2.74. The van der Waals surface area contributed by atoms with Gasteiger partial charge in [-0.2, -0.15) is 0 Å². The number of aryl methyl sites for hydroxylation is 1. The average Bonchev–Trinajstić information content (AvgIpc) is 2.27. The van der Waals surface area contributed by atoms with Crippen LogP contribution in [0.5, 0.6) is 0 Å². The molecule has 0 heterocycles. The highest BCUT2D eigenvalue weighted by Crippen LogP contribution is 2.12. The zero-order valence-electron chi connectivity index (χ0n) is 8.98. The molecule has 0 fully saturated rings. The van der Waals surface area contributed by atoms with E-state index in [9.17, 15) is 9.59 Å². The Hall–Kier alpha value is -1.68. The van der Waals surface area contributed by atoms with E-state index in [-0.39, 0.29) is 25.2 Å². The van der Waals surface area contributed by atoms with E-state index in [2.05, 4.69) is 0 Å². The van der Waals surface area contributed by atoms with Crippen LogP contribution in [0.1, 0.15) is 17.5 Å². The topological polar surface area (TPSA) is 80.4 Å². The minimum absolute atomic E-state index is 0.0211. The summed E-state index contributed by atoms with van der Waals surface area (Å²) in [7, 11) is 0. The van der Waals surface area contributed by atoms with Gasteiger partial charge in [-0.05, 0) is 17.5 Å². The number of carbonyl (C=O) groups excluding carboxylic acids is 1. The summed E-state index contributed by atoms with van der Waals surface area (Å²) in [4.78, 5) is 21.7. The Morgan fingerprint density at radius 1 is 1.19 bits per heavy atom. The first-order valence-electron chi connectivity index (χ1n) is 5.14. The van der Waals surface area contributed by atoms with Crippen molar-refractivity contribution in [2.24, 2.45) is 5.73 Å². The molecule has 1 aromatic rings. The molecule has 0 bridgehead atoms. The van der Waals surface area contributed by atoms with E-state index in [1.54, 1.807) is 0 Å². The number of rotatable bonds is 6. The quantitative estimate of drug-likeness (QED) is 0.743. The lowest BCUT2D eigenvalue weighted by Crippen LogP contribution is -2.16. The van der Waals surface area contributed by atoms with Crippen molar-refractivity contribution in [2.75, 3.05) is 6.54 Å². The van der Waals surface area contributed by atoms with Crippen LogP contribution in [-0.2, 0) is 22.4 Å². The van der Waals surface area contributed by atoms with E-state index in [0.717, 1.165) is 11.1 Å². The molecule has 4 heteroatoms. The Morgan fingerprint density at radius 2 is 1.81 bits per heavy atom. The molecular formula is C12H15NO3. The van der Waals surface area contributed by atoms with Crippen molar-refractivity contribution in [3.63, 3.8) is 0 Å². The monoisotopic (exact) mass is 221 g/mol. The van der Waals surface area contributed by atoms with Crippen molar-refractivity contribution in [3.05, 3.63) is 35.4 Å². The summed E-state index contributed by atoms with van der Waals surface area (Å²) in [6, 6.07) is 7.36. The van der Waals surface area contributed by atoms with Gasteiger partial charge in [-0.25, -0.2) is 0 Å². The number of carbonyl (C=O) groups is 2. The Morgan fingerprint density at radius 3 is 2.38 bits per heavy atom. The number of carboxylic acids is 1. The fraction of sp³-hybridized carbons (Fsp3) is 0.333. The van der Waals surface area contributed by atoms with E-state index in [0.29, 0.717) is 6.42 Å². The number of hydrogen-bond donors (Lipinski definition) is 2. The van der Waals surface area contributed by atoms with Crippen LogP contribution in [0.25, 0.3) is 0 Å². The Kier molecular flexibility index (Phi) is 4.66. The highest BCUT2D eigenvalue weighted by molar-refractivity contribution is 5.82. The third-order valence-corrected chi connectivity index (χ3v) is 2.34. The minimum atomic E-state index is -0.833. The first kappa shape index (κ1) is 12.4. The summed E-state index contributed by atoms with van der Waals surface area (Å²) < 4.78 is 0. The van der Waals surface area contributed by atoms with E-state index >= 15 is 0 Å². The predicted molar refractivity (Wildman–Crippen MR) is 60.2 cm³/mol. The summed E-state index contributed by atoms with van der Waals surface area (Å²) in [6.45, 7) is 0.0211. The van der Waals surface area contributed by atoms with Gasteiger partial charge in [0.1, 0.15) is 0 Å². The van der Waals surface area contributed by atoms with Gasteiger partial charge < -0.3 is 10.8 Å². The zero-order chi connectivity index (χ0) is 12.0. The second-order valence-electron chi connectivity index (χ2n) is 3.58. The molecule has 16 heavy (non-hydrogen) atoms. The summed E-state index contributed by atoms with van der Waals surface area (Å²) in [5.41, 5.74) is 7.03. The molecule has 0 spiro atoms. The van der Waals surface area contributed by atoms with Gasteiger partial charge in [-0.3, -0.25) is 9.59 Å². The maximum Gasteiger partial charge on any atom is 0.303 e. The first-order valence-corrected chi connectivity index (χ1v) is 5.14. The van der Waals surface area contributed by atoms with E-state index in [1.165, 1.54) is 0 Å². The molecule has 0 amide bonds. The van der Waals surface area contributed by atoms with Crippen LogP contribution in [0.3, 0.4) is 0 Å². The number of benzene rings is 1. The predicted octanol–water partition coefficient (Wildman–Crippen LogP) is 0.774. The van der Waals surface area contributed by atoms with E-state index < -0.39 is 5.97 Å². The minimum Gasteiger partial charge on any atom is -0.481 e. The Labute approximate surface area is 94.1 Å². The summed E-state index contributed by atoms with van der Waals surface area (Å²) in [5.74, 6) is -0.872. The number of carboxylic acid groups (broad SMARTS) is 1. The van der Waals surface area contributed by atoms with Crippen LogP contribution < -0.4 is 5.73 Å². The third kappa shape index (κ3) is 3.82. The van der Waals surface area contributed by atoms with Crippen LogP contribution in [-0.4, -0.2) is 23.4 Å². The molecule has 0 aliphatic rings. The fourth-order valence-corrected chi connectivity index (χ4v) is 1.50. The summed E-state index contributed by atoms with van der Waals surface area (Å²) >= 11 is 0. The molecule has 3 N–H and O–H groups in total. The van der Waals surface area contributed by atoms with Gasteiger partial charge in [0.2, 0.25) is 0 Å². The van der Waals surface area contributed by atoms with Crippen molar-refractivity contribution < 1.29 is 14.7 Å². The lowest BCUT2D eigenvalue weighted by atomic mass is 9.99. The highest BCUT2D eigenvalue weighted by atomic mass is 16.4. The molecule has 4 nitrogen and oxygen atoms in total. The second-order valence-corrected chi connectivity index (χ2v) is 3.58. The van der Waals surface area contributed by atoms with Crippen LogP contribution >= 0.6 is 0 Å².